The largest absolute Gasteiger partial charge is 0.496 e. The highest BCUT2D eigenvalue weighted by atomic mass is 35.5. The summed E-state index contributed by atoms with van der Waals surface area (Å²) in [5.41, 5.74) is 6.43. The van der Waals surface area contributed by atoms with E-state index in [1.165, 1.54) is 26.3 Å². The monoisotopic (exact) mass is 414 g/mol. The fourth-order valence-corrected chi connectivity index (χ4v) is 3.25. The van der Waals surface area contributed by atoms with Crippen molar-refractivity contribution in [1.29, 1.82) is 0 Å². The van der Waals surface area contributed by atoms with Gasteiger partial charge < -0.3 is 30.6 Å². The second kappa shape index (κ2) is 10.4. The molecule has 1 aromatic rings. The van der Waals surface area contributed by atoms with E-state index in [1.807, 2.05) is 0 Å². The van der Waals surface area contributed by atoms with Crippen molar-refractivity contribution in [3.8, 4) is 5.75 Å². The number of halogens is 1. The molecule has 1 saturated heterocycles. The maximum absolute atomic E-state index is 12.8. The summed E-state index contributed by atoms with van der Waals surface area (Å²) in [6, 6.07) is 2.85. The van der Waals surface area contributed by atoms with Crippen LogP contribution in [0.4, 0.5) is 10.5 Å². The van der Waals surface area contributed by atoms with Gasteiger partial charge in [0.2, 0.25) is 0 Å². The van der Waals surface area contributed by atoms with Gasteiger partial charge in [0.15, 0.2) is 0 Å². The number of anilines is 1. The van der Waals surface area contributed by atoms with Gasteiger partial charge in [0.05, 0.1) is 35.5 Å². The van der Waals surface area contributed by atoms with Crippen LogP contribution in [-0.4, -0.2) is 76.6 Å². The fraction of sp³-hybridized carbons (Fsp3) is 0.556. The first kappa shape index (κ1) is 22.1. The Morgan fingerprint density at radius 3 is 2.75 bits per heavy atom. The minimum atomic E-state index is -0.457. The number of alkyl carbamates (subject to hydrolysis) is 1. The Balaban J connectivity index is 1.96. The average Bonchev–Trinajstić information content (AvgIpc) is 2.70. The molecule has 0 saturated carbocycles. The molecule has 1 aliphatic rings. The van der Waals surface area contributed by atoms with Gasteiger partial charge in [-0.05, 0) is 12.5 Å². The summed E-state index contributed by atoms with van der Waals surface area (Å²) in [5.74, 6) is 0.0550. The number of ether oxygens (including phenoxy) is 3. The number of nitrogens with two attached hydrogens (primary N) is 1. The van der Waals surface area contributed by atoms with Gasteiger partial charge in [-0.15, -0.1) is 0 Å². The Labute approximate surface area is 169 Å². The van der Waals surface area contributed by atoms with E-state index in [1.54, 1.807) is 7.11 Å². The number of amides is 2. The van der Waals surface area contributed by atoms with Crippen molar-refractivity contribution in [3.05, 3.63) is 22.7 Å². The number of hydrogen-bond donors (Lipinski definition) is 3. The van der Waals surface area contributed by atoms with Crippen LogP contribution in [0.3, 0.4) is 0 Å². The number of nitrogens with zero attached hydrogens (tertiary/aromatic N) is 1. The van der Waals surface area contributed by atoms with Crippen molar-refractivity contribution < 1.29 is 23.8 Å². The first-order valence-corrected chi connectivity index (χ1v) is 9.30. The first-order valence-electron chi connectivity index (χ1n) is 8.93. The number of nitrogen functional groups attached to an aromatic ring is 1. The van der Waals surface area contributed by atoms with Crippen LogP contribution in [-0.2, 0) is 9.47 Å². The molecule has 0 spiro atoms. The minimum Gasteiger partial charge on any atom is -0.496 e. The predicted molar refractivity (Wildman–Crippen MR) is 106 cm³/mol. The summed E-state index contributed by atoms with van der Waals surface area (Å²) in [4.78, 5) is 26.0. The van der Waals surface area contributed by atoms with Gasteiger partial charge in [0, 0.05) is 39.9 Å². The van der Waals surface area contributed by atoms with Crippen LogP contribution in [0.2, 0.25) is 5.02 Å². The molecular weight excluding hydrogens is 388 g/mol. The zero-order valence-electron chi connectivity index (χ0n) is 16.3. The molecule has 10 heteroatoms. The molecule has 1 fully saturated rings. The van der Waals surface area contributed by atoms with Gasteiger partial charge in [-0.1, -0.05) is 11.6 Å². The summed E-state index contributed by atoms with van der Waals surface area (Å²) in [6.45, 7) is 2.23. The second-order valence-electron chi connectivity index (χ2n) is 6.40. The van der Waals surface area contributed by atoms with Crippen molar-refractivity contribution in [3.63, 3.8) is 0 Å². The molecule has 0 aliphatic carbocycles. The number of carbonyl (C=O) groups excluding carboxylic acids is 2. The lowest BCUT2D eigenvalue weighted by Crippen LogP contribution is -2.55. The molecule has 2 rings (SSSR count). The Bertz CT molecular complexity index is 703. The number of rotatable bonds is 7. The van der Waals surface area contributed by atoms with Crippen LogP contribution in [0.1, 0.15) is 16.8 Å². The predicted octanol–water partition coefficient (Wildman–Crippen LogP) is 1.11. The lowest BCUT2D eigenvalue weighted by Gasteiger charge is -2.38. The number of carbonyl (C=O) groups is 2. The molecule has 1 heterocycles. The highest BCUT2D eigenvalue weighted by Gasteiger charge is 2.31. The Kier molecular flexibility index (Phi) is 8.16. The smallest absolute Gasteiger partial charge is 0.406 e. The topological polar surface area (TPSA) is 115 Å². The van der Waals surface area contributed by atoms with Gasteiger partial charge in [0.25, 0.3) is 5.91 Å². The van der Waals surface area contributed by atoms with E-state index >= 15 is 0 Å². The lowest BCUT2D eigenvalue weighted by molar-refractivity contribution is 0.00125. The molecule has 2 amide bonds. The van der Waals surface area contributed by atoms with Gasteiger partial charge in [-0.25, -0.2) is 4.79 Å². The molecule has 0 aromatic heterocycles. The van der Waals surface area contributed by atoms with Crippen molar-refractivity contribution in [2.24, 2.45) is 0 Å². The molecule has 28 heavy (non-hydrogen) atoms. The van der Waals surface area contributed by atoms with E-state index in [4.69, 9.17) is 31.5 Å². The summed E-state index contributed by atoms with van der Waals surface area (Å²) >= 11 is 6.05. The molecule has 0 radical (unpaired) electrons. The summed E-state index contributed by atoms with van der Waals surface area (Å²) < 4.78 is 15.8. The van der Waals surface area contributed by atoms with Crippen LogP contribution >= 0.6 is 11.6 Å². The number of benzene rings is 1. The second-order valence-corrected chi connectivity index (χ2v) is 6.81. The SMILES string of the molecule is CNC(=O)OCCN1CC[C@H](NC(=O)c2cc(Cl)c(N)cc2OC)[C@H](OC)C1. The van der Waals surface area contributed by atoms with E-state index in [-0.39, 0.29) is 24.7 Å². The standard InChI is InChI=1S/C18H27ClN4O5/c1-21-18(25)28-7-6-23-5-4-14(16(10-23)27-3)22-17(24)11-8-12(19)13(20)9-15(11)26-2/h8-9,14,16H,4-7,10,20H2,1-3H3,(H,21,25)(H,22,24)/t14-,16+/m0/s1. The Morgan fingerprint density at radius 2 is 2.11 bits per heavy atom. The molecule has 9 nitrogen and oxygen atoms in total. The van der Waals surface area contributed by atoms with Crippen LogP contribution in [0.25, 0.3) is 0 Å². The van der Waals surface area contributed by atoms with Gasteiger partial charge in [0.1, 0.15) is 12.4 Å². The Morgan fingerprint density at radius 1 is 1.36 bits per heavy atom. The molecule has 0 unspecified atom stereocenters. The minimum absolute atomic E-state index is 0.172. The zero-order valence-corrected chi connectivity index (χ0v) is 17.0. The molecule has 156 valence electrons. The average molecular weight is 415 g/mol. The molecule has 1 aliphatic heterocycles. The third kappa shape index (κ3) is 5.63. The summed E-state index contributed by atoms with van der Waals surface area (Å²) in [7, 11) is 4.59. The maximum atomic E-state index is 12.8. The van der Waals surface area contributed by atoms with E-state index in [2.05, 4.69) is 15.5 Å². The third-order valence-electron chi connectivity index (χ3n) is 4.67. The summed E-state index contributed by atoms with van der Waals surface area (Å²) in [6.07, 6.45) is 0.0318. The van der Waals surface area contributed by atoms with Gasteiger partial charge in [-0.3, -0.25) is 9.69 Å². The van der Waals surface area contributed by atoms with Crippen molar-refractivity contribution >= 4 is 29.3 Å². The van der Waals surface area contributed by atoms with E-state index in [0.717, 1.165) is 6.54 Å². The van der Waals surface area contributed by atoms with Gasteiger partial charge >= 0.3 is 6.09 Å². The van der Waals surface area contributed by atoms with Crippen molar-refractivity contribution in [2.75, 3.05) is 53.2 Å². The van der Waals surface area contributed by atoms with Crippen molar-refractivity contribution in [1.82, 2.24) is 15.5 Å². The van der Waals surface area contributed by atoms with Crippen LogP contribution in [0.15, 0.2) is 12.1 Å². The van der Waals surface area contributed by atoms with Crippen LogP contribution < -0.4 is 21.1 Å². The lowest BCUT2D eigenvalue weighted by atomic mass is 10.0. The number of nitrogens with one attached hydrogen (secondary N) is 2. The number of hydrogen-bond acceptors (Lipinski definition) is 7. The van der Waals surface area contributed by atoms with E-state index in [9.17, 15) is 9.59 Å². The molecular formula is C18H27ClN4O5. The number of piperidine rings is 1. The fourth-order valence-electron chi connectivity index (χ4n) is 3.09. The number of likely N-dealkylation sites (tertiary alicyclic amines) is 1. The van der Waals surface area contributed by atoms with Crippen LogP contribution in [0, 0.1) is 0 Å². The molecule has 2 atom stereocenters. The Hall–Kier alpha value is -2.23. The molecule has 4 N–H and O–H groups in total. The highest BCUT2D eigenvalue weighted by Crippen LogP contribution is 2.29. The molecule has 1 aromatic carbocycles. The van der Waals surface area contributed by atoms with Crippen molar-refractivity contribution in [2.45, 2.75) is 18.6 Å². The highest BCUT2D eigenvalue weighted by molar-refractivity contribution is 6.33. The zero-order chi connectivity index (χ0) is 20.7. The quantitative estimate of drug-likeness (QED) is 0.572. The van der Waals surface area contributed by atoms with Crippen LogP contribution in [0.5, 0.6) is 5.75 Å². The van der Waals surface area contributed by atoms with E-state index in [0.29, 0.717) is 41.5 Å². The van der Waals surface area contributed by atoms with E-state index < -0.39 is 6.09 Å². The maximum Gasteiger partial charge on any atom is 0.406 e. The number of methoxy groups -OCH3 is 2. The third-order valence-corrected chi connectivity index (χ3v) is 5.00. The molecule has 0 bridgehead atoms. The summed E-state index contributed by atoms with van der Waals surface area (Å²) in [5, 5.41) is 5.69. The van der Waals surface area contributed by atoms with Gasteiger partial charge in [-0.2, -0.15) is 0 Å². The normalized spacial score (nSPS) is 19.7. The first-order chi connectivity index (χ1) is 13.4.